The number of fused-ring (bicyclic) bond motifs is 1. The lowest BCUT2D eigenvalue weighted by Gasteiger charge is -2.20. The molecule has 1 aliphatic rings. The van der Waals surface area contributed by atoms with E-state index in [1.54, 1.807) is 0 Å². The third-order valence-electron chi connectivity index (χ3n) is 3.05. The van der Waals surface area contributed by atoms with Gasteiger partial charge in [-0.15, -0.1) is 0 Å². The fourth-order valence-corrected chi connectivity index (χ4v) is 2.85. The second-order valence-corrected chi connectivity index (χ2v) is 5.04. The lowest BCUT2D eigenvalue weighted by Crippen LogP contribution is -2.26. The van der Waals surface area contributed by atoms with Crippen molar-refractivity contribution in [2.45, 2.75) is 12.5 Å². The molecule has 0 radical (unpaired) electrons. The summed E-state index contributed by atoms with van der Waals surface area (Å²) in [6.45, 7) is 1.94. The topological polar surface area (TPSA) is 57.9 Å². The van der Waals surface area contributed by atoms with Gasteiger partial charge in [0.25, 0.3) is 0 Å². The van der Waals surface area contributed by atoms with Crippen LogP contribution < -0.4 is 10.6 Å². The predicted octanol–water partition coefficient (Wildman–Crippen LogP) is 1.86. The van der Waals surface area contributed by atoms with Crippen LogP contribution in [0.1, 0.15) is 6.42 Å². The number of H-pyrrole nitrogens is 1. The van der Waals surface area contributed by atoms with Gasteiger partial charge in [0.2, 0.25) is 0 Å². The van der Waals surface area contributed by atoms with Crippen molar-refractivity contribution in [3.05, 3.63) is 22.9 Å². The highest BCUT2D eigenvalue weighted by Crippen LogP contribution is 2.34. The van der Waals surface area contributed by atoms with Gasteiger partial charge in [0.1, 0.15) is 5.65 Å². The summed E-state index contributed by atoms with van der Waals surface area (Å²) in [5.41, 5.74) is 8.09. The van der Waals surface area contributed by atoms with Crippen molar-refractivity contribution in [1.82, 2.24) is 9.97 Å². The molecule has 1 saturated heterocycles. The molecule has 2 aromatic heterocycles. The minimum Gasteiger partial charge on any atom is -0.368 e. The summed E-state index contributed by atoms with van der Waals surface area (Å²) in [4.78, 5) is 9.79. The van der Waals surface area contributed by atoms with Crippen LogP contribution >= 0.6 is 15.9 Å². The molecule has 5 heteroatoms. The highest BCUT2D eigenvalue weighted by atomic mass is 79.9. The molecule has 3 heterocycles. The van der Waals surface area contributed by atoms with Crippen molar-refractivity contribution < 1.29 is 0 Å². The van der Waals surface area contributed by atoms with E-state index in [2.05, 4.69) is 36.9 Å². The van der Waals surface area contributed by atoms with E-state index in [1.807, 2.05) is 12.4 Å². The van der Waals surface area contributed by atoms with E-state index in [-0.39, 0.29) is 6.04 Å². The van der Waals surface area contributed by atoms with E-state index in [4.69, 9.17) is 5.73 Å². The highest BCUT2D eigenvalue weighted by Gasteiger charge is 2.23. The van der Waals surface area contributed by atoms with Crippen molar-refractivity contribution in [3.63, 3.8) is 0 Å². The Morgan fingerprint density at radius 2 is 2.44 bits per heavy atom. The van der Waals surface area contributed by atoms with Gasteiger partial charge < -0.3 is 15.6 Å². The largest absolute Gasteiger partial charge is 0.368 e. The Balaban J connectivity index is 2.13. The Morgan fingerprint density at radius 1 is 1.56 bits per heavy atom. The summed E-state index contributed by atoms with van der Waals surface area (Å²) >= 11 is 3.57. The maximum Gasteiger partial charge on any atom is 0.139 e. The molecule has 0 amide bonds. The zero-order valence-corrected chi connectivity index (χ0v) is 10.4. The van der Waals surface area contributed by atoms with E-state index in [0.717, 1.165) is 35.0 Å². The lowest BCUT2D eigenvalue weighted by molar-refractivity contribution is 0.752. The molecule has 0 aromatic carbocycles. The van der Waals surface area contributed by atoms with Crippen LogP contribution in [-0.4, -0.2) is 29.1 Å². The first-order valence-corrected chi connectivity index (χ1v) is 6.17. The smallest absolute Gasteiger partial charge is 0.139 e. The molecular weight excluding hydrogens is 268 g/mol. The van der Waals surface area contributed by atoms with Crippen LogP contribution in [0.25, 0.3) is 11.0 Å². The van der Waals surface area contributed by atoms with Crippen molar-refractivity contribution in [2.24, 2.45) is 5.73 Å². The number of halogens is 1. The average Bonchev–Trinajstić information content (AvgIpc) is 2.86. The molecule has 1 aliphatic heterocycles. The van der Waals surface area contributed by atoms with Crippen molar-refractivity contribution >= 4 is 32.7 Å². The average molecular weight is 281 g/mol. The minimum atomic E-state index is 0.286. The first-order chi connectivity index (χ1) is 7.75. The zero-order chi connectivity index (χ0) is 11.1. The standard InChI is InChI=1S/C11H13BrN4/c12-9-5-15-11-8(1-3-14-11)10(9)16-4-2-7(13)6-16/h1,3,5,7H,2,4,6,13H2,(H,14,15)/t7-/m1/s1. The fraction of sp³-hybridized carbons (Fsp3) is 0.364. The first-order valence-electron chi connectivity index (χ1n) is 5.38. The molecule has 4 nitrogen and oxygen atoms in total. The maximum absolute atomic E-state index is 5.95. The summed E-state index contributed by atoms with van der Waals surface area (Å²) in [7, 11) is 0. The van der Waals surface area contributed by atoms with E-state index < -0.39 is 0 Å². The number of rotatable bonds is 1. The first kappa shape index (κ1) is 10.1. The molecule has 3 rings (SSSR count). The van der Waals surface area contributed by atoms with Gasteiger partial charge in [0.05, 0.1) is 10.2 Å². The Bertz CT molecular complexity index is 522. The Kier molecular flexibility index (Phi) is 2.37. The van der Waals surface area contributed by atoms with Gasteiger partial charge in [-0.1, -0.05) is 0 Å². The third kappa shape index (κ3) is 1.51. The van der Waals surface area contributed by atoms with Crippen molar-refractivity contribution in [1.29, 1.82) is 0 Å². The molecule has 2 aromatic rings. The number of nitrogens with two attached hydrogens (primary N) is 1. The summed E-state index contributed by atoms with van der Waals surface area (Å²) in [5, 5.41) is 1.16. The predicted molar refractivity (Wildman–Crippen MR) is 68.6 cm³/mol. The van der Waals surface area contributed by atoms with Gasteiger partial charge in [-0.3, -0.25) is 0 Å². The number of aromatic nitrogens is 2. The van der Waals surface area contributed by atoms with Gasteiger partial charge in [-0.2, -0.15) is 0 Å². The quantitative estimate of drug-likeness (QED) is 0.839. The molecule has 0 spiro atoms. The van der Waals surface area contributed by atoms with Gasteiger partial charge in [0.15, 0.2) is 0 Å². The zero-order valence-electron chi connectivity index (χ0n) is 8.78. The third-order valence-corrected chi connectivity index (χ3v) is 3.63. The molecule has 0 bridgehead atoms. The van der Waals surface area contributed by atoms with Crippen LogP contribution in [0.5, 0.6) is 0 Å². The van der Waals surface area contributed by atoms with Crippen molar-refractivity contribution in [2.75, 3.05) is 18.0 Å². The number of pyridine rings is 1. The van der Waals surface area contributed by atoms with Gasteiger partial charge >= 0.3 is 0 Å². The summed E-state index contributed by atoms with van der Waals surface area (Å²) in [6, 6.07) is 2.35. The second kappa shape index (κ2) is 3.75. The van der Waals surface area contributed by atoms with Crippen LogP contribution in [-0.2, 0) is 0 Å². The molecule has 16 heavy (non-hydrogen) atoms. The van der Waals surface area contributed by atoms with Gasteiger partial charge in [0, 0.05) is 36.9 Å². The van der Waals surface area contributed by atoms with E-state index >= 15 is 0 Å². The lowest BCUT2D eigenvalue weighted by atomic mass is 10.2. The van der Waals surface area contributed by atoms with E-state index in [9.17, 15) is 0 Å². The maximum atomic E-state index is 5.95. The molecule has 0 saturated carbocycles. The van der Waals surface area contributed by atoms with Crippen LogP contribution in [0.2, 0.25) is 0 Å². The monoisotopic (exact) mass is 280 g/mol. The second-order valence-electron chi connectivity index (χ2n) is 4.19. The minimum absolute atomic E-state index is 0.286. The fourth-order valence-electron chi connectivity index (χ4n) is 2.28. The molecule has 0 unspecified atom stereocenters. The number of nitrogens with one attached hydrogen (secondary N) is 1. The number of anilines is 1. The number of aromatic amines is 1. The molecule has 1 fully saturated rings. The van der Waals surface area contributed by atoms with Gasteiger partial charge in [-0.25, -0.2) is 4.98 Å². The van der Waals surface area contributed by atoms with Gasteiger partial charge in [-0.05, 0) is 28.4 Å². The van der Waals surface area contributed by atoms with Crippen molar-refractivity contribution in [3.8, 4) is 0 Å². The van der Waals surface area contributed by atoms with E-state index in [0.29, 0.717) is 0 Å². The number of hydrogen-bond acceptors (Lipinski definition) is 3. The molecule has 84 valence electrons. The Labute approximate surface area is 102 Å². The van der Waals surface area contributed by atoms with Crippen LogP contribution in [0, 0.1) is 0 Å². The SMILES string of the molecule is N[C@@H]1CCN(c2c(Br)cnc3[nH]ccc23)C1. The molecule has 0 aliphatic carbocycles. The summed E-state index contributed by atoms with van der Waals surface area (Å²) in [5.74, 6) is 0. The highest BCUT2D eigenvalue weighted by molar-refractivity contribution is 9.10. The number of nitrogens with zero attached hydrogens (tertiary/aromatic N) is 2. The normalized spacial score (nSPS) is 20.9. The van der Waals surface area contributed by atoms with E-state index in [1.165, 1.54) is 5.69 Å². The summed E-state index contributed by atoms with van der Waals surface area (Å²) in [6.07, 6.45) is 4.82. The molecule has 3 N–H and O–H groups in total. The van der Waals surface area contributed by atoms with Crippen LogP contribution in [0.4, 0.5) is 5.69 Å². The van der Waals surface area contributed by atoms with Crippen LogP contribution in [0.3, 0.4) is 0 Å². The number of hydrogen-bond donors (Lipinski definition) is 2. The summed E-state index contributed by atoms with van der Waals surface area (Å²) < 4.78 is 1.04. The molecular formula is C11H13BrN4. The Morgan fingerprint density at radius 3 is 3.19 bits per heavy atom. The molecule has 1 atom stereocenters. The van der Waals surface area contributed by atoms with Crippen LogP contribution in [0.15, 0.2) is 22.9 Å². The Hall–Kier alpha value is -1.07.